The van der Waals surface area contributed by atoms with Crippen molar-refractivity contribution in [1.29, 1.82) is 0 Å². The number of halogens is 1. The molecule has 0 saturated heterocycles. The maximum absolute atomic E-state index is 11.4. The molecule has 17 heavy (non-hydrogen) atoms. The maximum Gasteiger partial charge on any atom is 0.257 e. The number of nitrogens with one attached hydrogen (secondary N) is 1. The van der Waals surface area contributed by atoms with Gasteiger partial charge in [-0.25, -0.2) is 0 Å². The third kappa shape index (κ3) is 2.09. The summed E-state index contributed by atoms with van der Waals surface area (Å²) in [5, 5.41) is 18.9. The second-order valence-electron chi connectivity index (χ2n) is 3.53. The molecule has 3 N–H and O–H groups in total. The monoisotopic (exact) mass is 252 g/mol. The van der Waals surface area contributed by atoms with E-state index in [0.717, 1.165) is 0 Å². The molecule has 2 rings (SSSR count). The fourth-order valence-electron chi connectivity index (χ4n) is 1.31. The van der Waals surface area contributed by atoms with Crippen molar-refractivity contribution in [3.63, 3.8) is 0 Å². The van der Waals surface area contributed by atoms with Crippen LogP contribution in [0.25, 0.3) is 11.4 Å². The van der Waals surface area contributed by atoms with E-state index in [4.69, 9.17) is 11.6 Å². The van der Waals surface area contributed by atoms with Crippen LogP contribution in [0.15, 0.2) is 23.0 Å². The van der Waals surface area contributed by atoms with Gasteiger partial charge in [0.1, 0.15) is 11.6 Å². The van der Waals surface area contributed by atoms with Crippen molar-refractivity contribution in [3.05, 3.63) is 39.1 Å². The Labute approximate surface area is 101 Å². The molecule has 1 aromatic heterocycles. The lowest BCUT2D eigenvalue weighted by atomic mass is 10.2. The van der Waals surface area contributed by atoms with E-state index in [-0.39, 0.29) is 28.0 Å². The largest absolute Gasteiger partial charge is 0.506 e. The first-order valence-electron chi connectivity index (χ1n) is 4.78. The molecule has 2 aromatic rings. The lowest BCUT2D eigenvalue weighted by molar-refractivity contribution is 0.447. The summed E-state index contributed by atoms with van der Waals surface area (Å²) in [6.45, 7) is 1.47. The van der Waals surface area contributed by atoms with Crippen LogP contribution in [-0.2, 0) is 0 Å². The zero-order chi connectivity index (χ0) is 12.6. The van der Waals surface area contributed by atoms with Crippen molar-refractivity contribution in [2.45, 2.75) is 6.92 Å². The Morgan fingerprint density at radius 3 is 2.65 bits per heavy atom. The third-order valence-electron chi connectivity index (χ3n) is 2.35. The average molecular weight is 253 g/mol. The predicted octanol–water partition coefficient (Wildman–Crippen LogP) is 1.81. The minimum absolute atomic E-state index is 0.0610. The molecule has 5 nitrogen and oxygen atoms in total. The second-order valence-corrected chi connectivity index (χ2v) is 3.94. The Morgan fingerprint density at radius 1 is 1.35 bits per heavy atom. The first-order valence-corrected chi connectivity index (χ1v) is 5.15. The van der Waals surface area contributed by atoms with Gasteiger partial charge in [-0.05, 0) is 25.1 Å². The Balaban J connectivity index is 2.61. The van der Waals surface area contributed by atoms with E-state index in [9.17, 15) is 15.0 Å². The van der Waals surface area contributed by atoms with Crippen molar-refractivity contribution in [1.82, 2.24) is 9.97 Å². The number of rotatable bonds is 1. The number of aromatic hydroxyl groups is 2. The van der Waals surface area contributed by atoms with Gasteiger partial charge in [0.05, 0.1) is 10.6 Å². The van der Waals surface area contributed by atoms with Crippen molar-refractivity contribution in [2.24, 2.45) is 0 Å². The molecule has 1 heterocycles. The van der Waals surface area contributed by atoms with Crippen LogP contribution < -0.4 is 5.56 Å². The molecule has 0 amide bonds. The van der Waals surface area contributed by atoms with Gasteiger partial charge in [0, 0.05) is 5.56 Å². The second kappa shape index (κ2) is 4.10. The van der Waals surface area contributed by atoms with Gasteiger partial charge in [-0.1, -0.05) is 11.6 Å². The van der Waals surface area contributed by atoms with Gasteiger partial charge >= 0.3 is 0 Å². The fraction of sp³-hybridized carbons (Fsp3) is 0.0909. The van der Waals surface area contributed by atoms with Gasteiger partial charge in [-0.3, -0.25) is 4.79 Å². The highest BCUT2D eigenvalue weighted by molar-refractivity contribution is 6.32. The number of aromatic amines is 1. The van der Waals surface area contributed by atoms with Crippen LogP contribution >= 0.6 is 11.6 Å². The SMILES string of the molecule is Cc1c(O)nc(-c2ccc(O)c(Cl)c2)[nH]c1=O. The molecule has 0 fully saturated rings. The Bertz CT molecular complexity index is 637. The van der Waals surface area contributed by atoms with Gasteiger partial charge in [-0.15, -0.1) is 0 Å². The molecule has 88 valence electrons. The molecular weight excluding hydrogens is 244 g/mol. The summed E-state index contributed by atoms with van der Waals surface area (Å²) in [7, 11) is 0. The molecular formula is C11H9ClN2O3. The molecule has 1 aromatic carbocycles. The molecule has 0 aliphatic heterocycles. The molecule has 0 radical (unpaired) electrons. The van der Waals surface area contributed by atoms with Gasteiger partial charge in [-0.2, -0.15) is 4.98 Å². The highest BCUT2D eigenvalue weighted by Gasteiger charge is 2.09. The summed E-state index contributed by atoms with van der Waals surface area (Å²) in [5.74, 6) is -0.193. The van der Waals surface area contributed by atoms with Crippen molar-refractivity contribution >= 4 is 11.6 Å². The van der Waals surface area contributed by atoms with Gasteiger partial charge in [0.2, 0.25) is 5.88 Å². The van der Waals surface area contributed by atoms with Crippen molar-refractivity contribution in [3.8, 4) is 23.0 Å². The normalized spacial score (nSPS) is 10.5. The number of phenolic OH excluding ortho intramolecular Hbond substituents is 1. The Morgan fingerprint density at radius 2 is 2.06 bits per heavy atom. The van der Waals surface area contributed by atoms with Crippen LogP contribution in [0.4, 0.5) is 0 Å². The molecule has 0 aliphatic rings. The minimum Gasteiger partial charge on any atom is -0.506 e. The standard InChI is InChI=1S/C11H9ClN2O3/c1-5-10(16)13-9(14-11(5)17)6-2-3-8(15)7(12)4-6/h2-4,15H,1H3,(H2,13,14,16,17). The van der Waals surface area contributed by atoms with Crippen LogP contribution in [0.1, 0.15) is 5.56 Å². The van der Waals surface area contributed by atoms with E-state index < -0.39 is 5.56 Å². The number of aromatic nitrogens is 2. The van der Waals surface area contributed by atoms with Crippen LogP contribution in [0.3, 0.4) is 0 Å². The lowest BCUT2D eigenvalue weighted by Gasteiger charge is -2.04. The average Bonchev–Trinajstić information content (AvgIpc) is 2.29. The van der Waals surface area contributed by atoms with E-state index in [2.05, 4.69) is 9.97 Å². The summed E-state index contributed by atoms with van der Waals surface area (Å²) in [5.41, 5.74) is 0.232. The summed E-state index contributed by atoms with van der Waals surface area (Å²) in [6.07, 6.45) is 0. The molecule has 0 saturated carbocycles. The number of hydrogen-bond donors (Lipinski definition) is 3. The number of benzene rings is 1. The van der Waals surface area contributed by atoms with E-state index in [1.54, 1.807) is 0 Å². The topological polar surface area (TPSA) is 86.2 Å². The smallest absolute Gasteiger partial charge is 0.257 e. The van der Waals surface area contributed by atoms with Crippen molar-refractivity contribution in [2.75, 3.05) is 0 Å². The van der Waals surface area contributed by atoms with E-state index in [1.165, 1.54) is 25.1 Å². The fourth-order valence-corrected chi connectivity index (χ4v) is 1.49. The van der Waals surface area contributed by atoms with E-state index in [1.807, 2.05) is 0 Å². The number of nitrogens with zero attached hydrogens (tertiary/aromatic N) is 1. The Kier molecular flexibility index (Phi) is 2.77. The van der Waals surface area contributed by atoms with Crippen LogP contribution in [0.5, 0.6) is 11.6 Å². The summed E-state index contributed by atoms with van der Waals surface area (Å²) in [6, 6.07) is 4.37. The van der Waals surface area contributed by atoms with Gasteiger partial charge < -0.3 is 15.2 Å². The van der Waals surface area contributed by atoms with Crippen LogP contribution in [-0.4, -0.2) is 20.2 Å². The Hall–Kier alpha value is -2.01. The minimum atomic E-state index is -0.420. The van der Waals surface area contributed by atoms with Crippen LogP contribution in [0, 0.1) is 6.92 Å². The van der Waals surface area contributed by atoms with Crippen LogP contribution in [0.2, 0.25) is 5.02 Å². The highest BCUT2D eigenvalue weighted by atomic mass is 35.5. The highest BCUT2D eigenvalue weighted by Crippen LogP contribution is 2.27. The number of H-pyrrole nitrogens is 1. The lowest BCUT2D eigenvalue weighted by Crippen LogP contribution is -2.12. The molecule has 6 heteroatoms. The van der Waals surface area contributed by atoms with Gasteiger partial charge in [0.25, 0.3) is 5.56 Å². The number of hydrogen-bond acceptors (Lipinski definition) is 4. The molecule has 0 atom stereocenters. The zero-order valence-electron chi connectivity index (χ0n) is 8.86. The van der Waals surface area contributed by atoms with Crippen molar-refractivity contribution < 1.29 is 10.2 Å². The summed E-state index contributed by atoms with van der Waals surface area (Å²) >= 11 is 5.74. The predicted molar refractivity (Wildman–Crippen MR) is 63.4 cm³/mol. The quantitative estimate of drug-likeness (QED) is 0.722. The zero-order valence-corrected chi connectivity index (χ0v) is 9.62. The molecule has 0 bridgehead atoms. The molecule has 0 aliphatic carbocycles. The molecule has 0 spiro atoms. The number of phenols is 1. The molecule has 0 unspecified atom stereocenters. The first-order chi connectivity index (χ1) is 7.99. The van der Waals surface area contributed by atoms with E-state index >= 15 is 0 Å². The van der Waals surface area contributed by atoms with E-state index in [0.29, 0.717) is 5.56 Å². The summed E-state index contributed by atoms with van der Waals surface area (Å²) in [4.78, 5) is 17.8. The maximum atomic E-state index is 11.4. The first kappa shape index (κ1) is 11.5. The third-order valence-corrected chi connectivity index (χ3v) is 2.65. The van der Waals surface area contributed by atoms with Gasteiger partial charge in [0.15, 0.2) is 0 Å². The summed E-state index contributed by atoms with van der Waals surface area (Å²) < 4.78 is 0.